The fourth-order valence-electron chi connectivity index (χ4n) is 2.90. The number of hydrogen-bond acceptors (Lipinski definition) is 5. The molecular weight excluding hydrogens is 362 g/mol. The van der Waals surface area contributed by atoms with Crippen molar-refractivity contribution in [3.8, 4) is 0 Å². The lowest BCUT2D eigenvalue weighted by molar-refractivity contribution is -0.119. The van der Waals surface area contributed by atoms with Gasteiger partial charge in [0, 0.05) is 12.0 Å². The third kappa shape index (κ3) is 5.82. The molecule has 144 valence electrons. The van der Waals surface area contributed by atoms with Gasteiger partial charge in [-0.3, -0.25) is 14.2 Å². The van der Waals surface area contributed by atoms with Gasteiger partial charge in [-0.15, -0.1) is 10.2 Å². The van der Waals surface area contributed by atoms with Crippen LogP contribution in [-0.4, -0.2) is 38.4 Å². The summed E-state index contributed by atoms with van der Waals surface area (Å²) in [6, 6.07) is 10.3. The summed E-state index contributed by atoms with van der Waals surface area (Å²) in [5, 5.41) is 11.9. The summed E-state index contributed by atoms with van der Waals surface area (Å²) in [4.78, 5) is 23.6. The molecule has 1 aromatic heterocycles. The van der Waals surface area contributed by atoms with Crippen molar-refractivity contribution in [2.45, 2.75) is 56.3 Å². The van der Waals surface area contributed by atoms with Gasteiger partial charge in [0.1, 0.15) is 12.4 Å². The predicted octanol–water partition coefficient (Wildman–Crippen LogP) is 1.87. The number of amides is 2. The third-order valence-electron chi connectivity index (χ3n) is 4.45. The van der Waals surface area contributed by atoms with E-state index in [1.165, 1.54) is 17.3 Å². The maximum Gasteiger partial charge on any atom is 0.237 e. The molecule has 1 saturated carbocycles. The van der Waals surface area contributed by atoms with Crippen LogP contribution >= 0.6 is 11.8 Å². The quantitative estimate of drug-likeness (QED) is 0.606. The molecule has 1 unspecified atom stereocenters. The summed E-state index contributed by atoms with van der Waals surface area (Å²) in [5.74, 6) is 0.905. The zero-order valence-electron chi connectivity index (χ0n) is 15.4. The molecule has 3 rings (SSSR count). The van der Waals surface area contributed by atoms with E-state index < -0.39 is 5.91 Å². The van der Waals surface area contributed by atoms with Gasteiger partial charge >= 0.3 is 0 Å². The van der Waals surface area contributed by atoms with Crippen LogP contribution in [0.25, 0.3) is 0 Å². The van der Waals surface area contributed by atoms with Crippen LogP contribution in [0.2, 0.25) is 0 Å². The van der Waals surface area contributed by atoms with Crippen molar-refractivity contribution in [2.24, 2.45) is 5.73 Å². The van der Waals surface area contributed by atoms with E-state index in [9.17, 15) is 9.59 Å². The lowest BCUT2D eigenvalue weighted by atomic mass is 10.1. The Balaban J connectivity index is 1.48. The van der Waals surface area contributed by atoms with Crippen LogP contribution in [0.3, 0.4) is 0 Å². The second-order valence-corrected chi connectivity index (χ2v) is 7.89. The molecule has 3 N–H and O–H groups in total. The number of aromatic nitrogens is 3. The molecular formula is C19H25N5O2S. The molecule has 1 heterocycles. The van der Waals surface area contributed by atoms with E-state index >= 15 is 0 Å². The van der Waals surface area contributed by atoms with Crippen molar-refractivity contribution in [3.05, 3.63) is 41.7 Å². The number of thioether (sulfide) groups is 1. The number of aryl methyl sites for hydroxylation is 1. The molecule has 0 spiro atoms. The first-order valence-electron chi connectivity index (χ1n) is 9.20. The average Bonchev–Trinajstić information content (AvgIpc) is 3.41. The highest BCUT2D eigenvalue weighted by atomic mass is 32.2. The second-order valence-electron chi connectivity index (χ2n) is 6.95. The van der Waals surface area contributed by atoms with E-state index in [2.05, 4.69) is 27.6 Å². The number of benzene rings is 1. The SMILES string of the molecule is CC(CCc1ccccc1)NC(=O)CSc1nnc(C2CC2)n1CC(N)=O. The highest BCUT2D eigenvalue weighted by Gasteiger charge is 2.31. The van der Waals surface area contributed by atoms with E-state index in [1.54, 1.807) is 4.57 Å². The number of carbonyl (C=O) groups is 2. The van der Waals surface area contributed by atoms with Crippen LogP contribution < -0.4 is 11.1 Å². The fourth-order valence-corrected chi connectivity index (χ4v) is 3.66. The third-order valence-corrected chi connectivity index (χ3v) is 5.42. The molecule has 2 aromatic rings. The number of nitrogens with one attached hydrogen (secondary N) is 1. The van der Waals surface area contributed by atoms with Gasteiger partial charge in [-0.25, -0.2) is 0 Å². The van der Waals surface area contributed by atoms with Crippen LogP contribution in [0.15, 0.2) is 35.5 Å². The Morgan fingerprint density at radius 1 is 1.30 bits per heavy atom. The van der Waals surface area contributed by atoms with E-state index in [-0.39, 0.29) is 24.2 Å². The summed E-state index contributed by atoms with van der Waals surface area (Å²) in [6.45, 7) is 2.06. The first-order valence-corrected chi connectivity index (χ1v) is 10.2. The van der Waals surface area contributed by atoms with Crippen LogP contribution in [0.1, 0.15) is 43.5 Å². The van der Waals surface area contributed by atoms with Gasteiger partial charge in [0.25, 0.3) is 0 Å². The van der Waals surface area contributed by atoms with Crippen LogP contribution in [0.5, 0.6) is 0 Å². The minimum Gasteiger partial charge on any atom is -0.368 e. The number of nitrogens with two attached hydrogens (primary N) is 1. The largest absolute Gasteiger partial charge is 0.368 e. The Morgan fingerprint density at radius 2 is 2.04 bits per heavy atom. The molecule has 1 aliphatic carbocycles. The maximum atomic E-state index is 12.2. The lowest BCUT2D eigenvalue weighted by Crippen LogP contribution is -2.34. The van der Waals surface area contributed by atoms with Gasteiger partial charge in [-0.1, -0.05) is 42.1 Å². The molecule has 27 heavy (non-hydrogen) atoms. The molecule has 1 fully saturated rings. The van der Waals surface area contributed by atoms with Crippen LogP contribution in [0, 0.1) is 0 Å². The zero-order chi connectivity index (χ0) is 19.2. The minimum absolute atomic E-state index is 0.0518. The van der Waals surface area contributed by atoms with Gasteiger partial charge in [-0.05, 0) is 38.2 Å². The minimum atomic E-state index is -0.433. The Morgan fingerprint density at radius 3 is 2.70 bits per heavy atom. The molecule has 7 nitrogen and oxygen atoms in total. The van der Waals surface area contributed by atoms with Crippen molar-refractivity contribution >= 4 is 23.6 Å². The molecule has 0 radical (unpaired) electrons. The average molecular weight is 388 g/mol. The number of carbonyl (C=O) groups excluding carboxylic acids is 2. The molecule has 0 bridgehead atoms. The summed E-state index contributed by atoms with van der Waals surface area (Å²) in [6.07, 6.45) is 3.92. The van der Waals surface area contributed by atoms with E-state index in [1.807, 2.05) is 25.1 Å². The number of nitrogens with zero attached hydrogens (tertiary/aromatic N) is 3. The number of hydrogen-bond donors (Lipinski definition) is 2. The summed E-state index contributed by atoms with van der Waals surface area (Å²) in [7, 11) is 0. The summed E-state index contributed by atoms with van der Waals surface area (Å²) in [5.41, 5.74) is 6.61. The van der Waals surface area contributed by atoms with Crippen LogP contribution in [0.4, 0.5) is 0 Å². The predicted molar refractivity (Wildman–Crippen MR) is 104 cm³/mol. The Hall–Kier alpha value is -2.35. The van der Waals surface area contributed by atoms with Gasteiger partial charge in [0.15, 0.2) is 5.16 Å². The Kier molecular flexibility index (Phi) is 6.49. The topological polar surface area (TPSA) is 103 Å². The zero-order valence-corrected chi connectivity index (χ0v) is 16.2. The highest BCUT2D eigenvalue weighted by molar-refractivity contribution is 7.99. The van der Waals surface area contributed by atoms with Gasteiger partial charge in [0.05, 0.1) is 5.75 Å². The first-order chi connectivity index (χ1) is 13.0. The van der Waals surface area contributed by atoms with Crippen molar-refractivity contribution < 1.29 is 9.59 Å². The van der Waals surface area contributed by atoms with Gasteiger partial charge in [0.2, 0.25) is 11.8 Å². The van der Waals surface area contributed by atoms with Crippen molar-refractivity contribution in [2.75, 3.05) is 5.75 Å². The molecule has 0 saturated heterocycles. The van der Waals surface area contributed by atoms with Gasteiger partial charge < -0.3 is 11.1 Å². The molecule has 1 atom stereocenters. The van der Waals surface area contributed by atoms with Crippen LogP contribution in [-0.2, 0) is 22.6 Å². The summed E-state index contributed by atoms with van der Waals surface area (Å²) >= 11 is 1.29. The normalized spacial score (nSPS) is 14.7. The molecule has 1 aromatic carbocycles. The van der Waals surface area contributed by atoms with Gasteiger partial charge in [-0.2, -0.15) is 0 Å². The standard InChI is InChI=1S/C19H25N5O2S/c1-13(7-8-14-5-3-2-4-6-14)21-17(26)12-27-19-23-22-18(15-9-10-15)24(19)11-16(20)25/h2-6,13,15H,7-12H2,1H3,(H2,20,25)(H,21,26). The number of primary amides is 1. The first kappa shape index (κ1) is 19.4. The smallest absolute Gasteiger partial charge is 0.237 e. The molecule has 1 aliphatic rings. The highest BCUT2D eigenvalue weighted by Crippen LogP contribution is 2.39. The van der Waals surface area contributed by atoms with Crippen molar-refractivity contribution in [1.82, 2.24) is 20.1 Å². The Bertz CT molecular complexity index is 789. The second kappa shape index (κ2) is 9.03. The fraction of sp³-hybridized carbons (Fsp3) is 0.474. The van der Waals surface area contributed by atoms with Crippen molar-refractivity contribution in [3.63, 3.8) is 0 Å². The lowest BCUT2D eigenvalue weighted by Gasteiger charge is -2.14. The maximum absolute atomic E-state index is 12.2. The van der Waals surface area contributed by atoms with E-state index in [0.29, 0.717) is 11.1 Å². The Labute approximate surface area is 163 Å². The van der Waals surface area contributed by atoms with E-state index in [0.717, 1.165) is 31.5 Å². The summed E-state index contributed by atoms with van der Waals surface area (Å²) < 4.78 is 1.75. The molecule has 2 amide bonds. The molecule has 8 heteroatoms. The monoisotopic (exact) mass is 387 g/mol. The van der Waals surface area contributed by atoms with Crippen molar-refractivity contribution in [1.29, 1.82) is 0 Å². The molecule has 0 aliphatic heterocycles. The van der Waals surface area contributed by atoms with E-state index in [4.69, 9.17) is 5.73 Å². The number of rotatable bonds is 10.